The predicted octanol–water partition coefficient (Wildman–Crippen LogP) is 3.45. The van der Waals surface area contributed by atoms with Crippen LogP contribution in [0.3, 0.4) is 0 Å². The third-order valence-electron chi connectivity index (χ3n) is 4.94. The second-order valence-electron chi connectivity index (χ2n) is 6.69. The molecule has 0 bridgehead atoms. The highest BCUT2D eigenvalue weighted by molar-refractivity contribution is 7.92. The van der Waals surface area contributed by atoms with Gasteiger partial charge in [-0.05, 0) is 48.7 Å². The van der Waals surface area contributed by atoms with Gasteiger partial charge in [0, 0.05) is 18.9 Å². The zero-order valence-electron chi connectivity index (χ0n) is 15.3. The van der Waals surface area contributed by atoms with Crippen LogP contribution in [0.25, 0.3) is 0 Å². The van der Waals surface area contributed by atoms with Gasteiger partial charge in [0.15, 0.2) is 0 Å². The van der Waals surface area contributed by atoms with Crippen molar-refractivity contribution in [2.45, 2.75) is 36.3 Å². The summed E-state index contributed by atoms with van der Waals surface area (Å²) in [7, 11) is -5.46. The summed E-state index contributed by atoms with van der Waals surface area (Å²) >= 11 is 5.32. The fourth-order valence-electron chi connectivity index (χ4n) is 3.07. The van der Waals surface area contributed by atoms with E-state index in [1.54, 1.807) is 25.4 Å². The van der Waals surface area contributed by atoms with E-state index >= 15 is 0 Å². The van der Waals surface area contributed by atoms with Crippen LogP contribution in [0.1, 0.15) is 23.6 Å². The van der Waals surface area contributed by atoms with E-state index in [0.717, 1.165) is 23.3 Å². The highest BCUT2D eigenvalue weighted by Gasteiger charge is 2.49. The number of halogens is 3. The average Bonchev–Trinajstić information content (AvgIpc) is 2.86. The number of aryl methyl sites for hydroxylation is 1. The molecule has 2 aromatic rings. The molecule has 2 heterocycles. The van der Waals surface area contributed by atoms with Crippen LogP contribution in [0.5, 0.6) is 0 Å². The van der Waals surface area contributed by atoms with E-state index in [1.165, 1.54) is 17.0 Å². The number of sulfone groups is 1. The number of thiocarbonyl (C=S) groups is 1. The minimum absolute atomic E-state index is 0.167. The first kappa shape index (κ1) is 21.2. The molecule has 1 atom stereocenters. The largest absolute Gasteiger partial charge is 0.501 e. The Morgan fingerprint density at radius 1 is 1.21 bits per heavy atom. The smallest absolute Gasteiger partial charge is 0.304 e. The summed E-state index contributed by atoms with van der Waals surface area (Å²) in [6.45, 7) is 3.67. The lowest BCUT2D eigenvalue weighted by Gasteiger charge is -2.34. The first-order chi connectivity index (χ1) is 13.4. The van der Waals surface area contributed by atoms with E-state index in [0.29, 0.717) is 5.56 Å². The summed E-state index contributed by atoms with van der Waals surface area (Å²) in [4.78, 5) is 17.3. The SMILES string of the molecule is Cc1cnccc1CN1C(=O)NC(=S)[C@@]1(C)c1ccc(S(=O)(=O)C(F)(F)F)cc1. The number of pyridine rings is 1. The van der Waals surface area contributed by atoms with Crippen molar-refractivity contribution in [2.24, 2.45) is 0 Å². The monoisotopic (exact) mass is 443 g/mol. The molecule has 0 spiro atoms. The summed E-state index contributed by atoms with van der Waals surface area (Å²) in [6.07, 6.45) is 3.23. The summed E-state index contributed by atoms with van der Waals surface area (Å²) in [5.41, 5.74) is -4.50. The van der Waals surface area contributed by atoms with Gasteiger partial charge in [-0.1, -0.05) is 24.4 Å². The van der Waals surface area contributed by atoms with E-state index in [1.807, 2.05) is 6.92 Å². The van der Waals surface area contributed by atoms with Crippen molar-refractivity contribution in [3.05, 3.63) is 59.4 Å². The van der Waals surface area contributed by atoms with Gasteiger partial charge in [0.05, 0.1) is 4.90 Å². The Morgan fingerprint density at radius 3 is 2.38 bits per heavy atom. The van der Waals surface area contributed by atoms with Crippen molar-refractivity contribution in [2.75, 3.05) is 0 Å². The third-order valence-corrected chi connectivity index (χ3v) is 6.95. The number of alkyl halides is 3. The van der Waals surface area contributed by atoms with E-state index < -0.39 is 31.8 Å². The predicted molar refractivity (Wildman–Crippen MR) is 103 cm³/mol. The molecule has 1 fully saturated rings. The Hall–Kier alpha value is -2.53. The Morgan fingerprint density at radius 2 is 1.83 bits per heavy atom. The van der Waals surface area contributed by atoms with E-state index in [4.69, 9.17) is 12.2 Å². The van der Waals surface area contributed by atoms with Gasteiger partial charge in [-0.15, -0.1) is 0 Å². The first-order valence-corrected chi connectivity index (χ1v) is 10.2. The molecule has 11 heteroatoms. The molecule has 29 heavy (non-hydrogen) atoms. The molecule has 1 N–H and O–H groups in total. The maximum absolute atomic E-state index is 12.8. The molecule has 1 aromatic heterocycles. The number of hydrogen-bond acceptors (Lipinski definition) is 5. The van der Waals surface area contributed by atoms with Gasteiger partial charge in [0.2, 0.25) is 0 Å². The molecular formula is C18H16F3N3O3S2. The molecule has 1 saturated heterocycles. The van der Waals surface area contributed by atoms with Gasteiger partial charge in [0.25, 0.3) is 9.84 Å². The van der Waals surface area contributed by atoms with Gasteiger partial charge in [-0.2, -0.15) is 13.2 Å². The van der Waals surface area contributed by atoms with Crippen molar-refractivity contribution in [3.8, 4) is 0 Å². The van der Waals surface area contributed by atoms with Crippen LogP contribution in [0, 0.1) is 6.92 Å². The second-order valence-corrected chi connectivity index (χ2v) is 9.04. The van der Waals surface area contributed by atoms with Crippen molar-refractivity contribution in [1.82, 2.24) is 15.2 Å². The molecule has 3 rings (SSSR count). The molecule has 0 radical (unpaired) electrons. The third kappa shape index (κ3) is 3.48. The molecule has 1 aliphatic rings. The quantitative estimate of drug-likeness (QED) is 0.733. The van der Waals surface area contributed by atoms with Gasteiger partial charge in [0.1, 0.15) is 10.5 Å². The molecule has 1 aromatic carbocycles. The minimum atomic E-state index is -5.46. The number of aromatic nitrogens is 1. The van der Waals surface area contributed by atoms with E-state index in [2.05, 4.69) is 10.3 Å². The number of carbonyl (C=O) groups is 1. The second kappa shape index (κ2) is 7.06. The van der Waals surface area contributed by atoms with Gasteiger partial charge >= 0.3 is 11.5 Å². The lowest BCUT2D eigenvalue weighted by atomic mass is 9.90. The Bertz CT molecular complexity index is 1090. The van der Waals surface area contributed by atoms with Gasteiger partial charge < -0.3 is 4.90 Å². The highest BCUT2D eigenvalue weighted by Crippen LogP contribution is 2.37. The molecule has 0 unspecified atom stereocenters. The standard InChI is InChI=1S/C18H16F3N3O3S2/c1-11-9-22-8-7-12(11)10-24-16(25)23-15(28)17(24,2)13-3-5-14(6-4-13)29(26,27)18(19,20)21/h3-9H,10H2,1-2H3,(H,23,25,28)/t17-/m1/s1. The highest BCUT2D eigenvalue weighted by atomic mass is 32.2. The average molecular weight is 443 g/mol. The van der Waals surface area contributed by atoms with Crippen molar-refractivity contribution < 1.29 is 26.4 Å². The molecule has 6 nitrogen and oxygen atoms in total. The Kier molecular flexibility index (Phi) is 5.16. The summed E-state index contributed by atoms with van der Waals surface area (Å²) in [6, 6.07) is 5.49. The lowest BCUT2D eigenvalue weighted by Crippen LogP contribution is -2.43. The number of benzene rings is 1. The summed E-state index contributed by atoms with van der Waals surface area (Å²) in [5, 5.41) is 2.57. The number of carbonyl (C=O) groups excluding carboxylic acids is 1. The van der Waals surface area contributed by atoms with Crippen molar-refractivity contribution in [1.29, 1.82) is 0 Å². The fourth-order valence-corrected chi connectivity index (χ4v) is 4.15. The minimum Gasteiger partial charge on any atom is -0.304 e. The number of nitrogens with one attached hydrogen (secondary N) is 1. The zero-order valence-corrected chi connectivity index (χ0v) is 17.0. The summed E-state index contributed by atoms with van der Waals surface area (Å²) < 4.78 is 61.5. The molecule has 154 valence electrons. The van der Waals surface area contributed by atoms with Gasteiger partial charge in [-0.25, -0.2) is 13.2 Å². The van der Waals surface area contributed by atoms with Crippen LogP contribution < -0.4 is 5.32 Å². The number of nitrogens with zero attached hydrogens (tertiary/aromatic N) is 2. The number of amides is 2. The maximum Gasteiger partial charge on any atom is 0.501 e. The molecule has 0 aliphatic carbocycles. The number of rotatable bonds is 4. The van der Waals surface area contributed by atoms with Crippen molar-refractivity contribution in [3.63, 3.8) is 0 Å². The van der Waals surface area contributed by atoms with Crippen LogP contribution in [0.2, 0.25) is 0 Å². The normalized spacial score (nSPS) is 20.1. The molecular weight excluding hydrogens is 427 g/mol. The fraction of sp³-hybridized carbons (Fsp3) is 0.278. The first-order valence-electron chi connectivity index (χ1n) is 8.33. The molecule has 0 saturated carbocycles. The van der Waals surface area contributed by atoms with Crippen LogP contribution >= 0.6 is 12.2 Å². The van der Waals surface area contributed by atoms with Crippen LogP contribution in [-0.4, -0.2) is 34.8 Å². The van der Waals surface area contributed by atoms with Crippen molar-refractivity contribution >= 4 is 33.1 Å². The zero-order chi connectivity index (χ0) is 21.6. The Labute approximate surface area is 170 Å². The topological polar surface area (TPSA) is 79.4 Å². The van der Waals surface area contributed by atoms with Crippen LogP contribution in [0.15, 0.2) is 47.6 Å². The van der Waals surface area contributed by atoms with E-state index in [-0.39, 0.29) is 11.5 Å². The summed E-state index contributed by atoms with van der Waals surface area (Å²) in [5.74, 6) is 0. The van der Waals surface area contributed by atoms with Gasteiger partial charge in [-0.3, -0.25) is 10.3 Å². The molecule has 2 amide bonds. The van der Waals surface area contributed by atoms with E-state index in [9.17, 15) is 26.4 Å². The van der Waals surface area contributed by atoms with Crippen LogP contribution in [-0.2, 0) is 21.9 Å². The number of hydrogen-bond donors (Lipinski definition) is 1. The van der Waals surface area contributed by atoms with Crippen LogP contribution in [0.4, 0.5) is 18.0 Å². The number of urea groups is 1. The maximum atomic E-state index is 12.8. The lowest BCUT2D eigenvalue weighted by molar-refractivity contribution is -0.0436. The molecule has 1 aliphatic heterocycles. The Balaban J connectivity index is 2.01.